The SMILES string of the molecule is COc1cc(C(C)NC(C)c2ccc(C)o2)ccc1F. The molecule has 0 amide bonds. The standard InChI is InChI=1S/C16H20FNO2/c1-10-5-8-15(20-10)12(3)18-11(2)13-6-7-14(17)16(9-13)19-4/h5-9,11-12,18H,1-4H3. The molecule has 0 aliphatic rings. The average Bonchev–Trinajstić information content (AvgIpc) is 2.86. The number of nitrogens with one attached hydrogen (secondary N) is 1. The molecule has 0 radical (unpaired) electrons. The van der Waals surface area contributed by atoms with Crippen LogP contribution in [0.1, 0.15) is 43.0 Å². The lowest BCUT2D eigenvalue weighted by atomic mass is 10.1. The Morgan fingerprint density at radius 1 is 1.15 bits per heavy atom. The van der Waals surface area contributed by atoms with E-state index in [1.807, 2.05) is 32.9 Å². The second-order valence-corrected chi connectivity index (χ2v) is 4.95. The van der Waals surface area contributed by atoms with E-state index in [9.17, 15) is 4.39 Å². The van der Waals surface area contributed by atoms with Crippen LogP contribution in [-0.4, -0.2) is 7.11 Å². The van der Waals surface area contributed by atoms with Gasteiger partial charge in [0.2, 0.25) is 0 Å². The largest absolute Gasteiger partial charge is 0.494 e. The fourth-order valence-electron chi connectivity index (χ4n) is 2.19. The van der Waals surface area contributed by atoms with Gasteiger partial charge in [0.25, 0.3) is 0 Å². The van der Waals surface area contributed by atoms with Gasteiger partial charge >= 0.3 is 0 Å². The van der Waals surface area contributed by atoms with Gasteiger partial charge in [0, 0.05) is 6.04 Å². The van der Waals surface area contributed by atoms with E-state index in [1.54, 1.807) is 12.1 Å². The first-order chi connectivity index (χ1) is 9.51. The highest BCUT2D eigenvalue weighted by Gasteiger charge is 2.15. The number of ether oxygens (including phenoxy) is 1. The molecule has 2 rings (SSSR count). The fraction of sp³-hybridized carbons (Fsp3) is 0.375. The lowest BCUT2D eigenvalue weighted by Crippen LogP contribution is -2.22. The molecule has 3 nitrogen and oxygen atoms in total. The average molecular weight is 277 g/mol. The van der Waals surface area contributed by atoms with Crippen LogP contribution in [0.15, 0.2) is 34.7 Å². The molecule has 2 atom stereocenters. The molecule has 1 aromatic heterocycles. The van der Waals surface area contributed by atoms with Crippen molar-refractivity contribution in [3.63, 3.8) is 0 Å². The topological polar surface area (TPSA) is 34.4 Å². The highest BCUT2D eigenvalue weighted by molar-refractivity contribution is 5.32. The van der Waals surface area contributed by atoms with Crippen molar-refractivity contribution in [2.45, 2.75) is 32.9 Å². The molecule has 1 heterocycles. The van der Waals surface area contributed by atoms with Crippen LogP contribution in [0.5, 0.6) is 5.75 Å². The highest BCUT2D eigenvalue weighted by Crippen LogP contribution is 2.25. The number of aryl methyl sites for hydroxylation is 1. The van der Waals surface area contributed by atoms with E-state index < -0.39 is 0 Å². The van der Waals surface area contributed by atoms with Gasteiger partial charge in [0.15, 0.2) is 11.6 Å². The van der Waals surface area contributed by atoms with Crippen molar-refractivity contribution < 1.29 is 13.5 Å². The van der Waals surface area contributed by atoms with Crippen LogP contribution in [0.4, 0.5) is 4.39 Å². The minimum Gasteiger partial charge on any atom is -0.494 e. The fourth-order valence-corrected chi connectivity index (χ4v) is 2.19. The predicted molar refractivity (Wildman–Crippen MR) is 76.4 cm³/mol. The normalized spacial score (nSPS) is 14.1. The summed E-state index contributed by atoms with van der Waals surface area (Å²) in [5, 5.41) is 3.42. The molecule has 0 bridgehead atoms. The maximum absolute atomic E-state index is 13.4. The van der Waals surface area contributed by atoms with Crippen LogP contribution < -0.4 is 10.1 Å². The summed E-state index contributed by atoms with van der Waals surface area (Å²) in [6, 6.07) is 8.94. The van der Waals surface area contributed by atoms with Crippen molar-refractivity contribution in [1.29, 1.82) is 0 Å². The number of furan rings is 1. The van der Waals surface area contributed by atoms with Gasteiger partial charge in [0.1, 0.15) is 11.5 Å². The molecule has 20 heavy (non-hydrogen) atoms. The minimum atomic E-state index is -0.349. The molecular weight excluding hydrogens is 257 g/mol. The Kier molecular flexibility index (Phi) is 4.45. The quantitative estimate of drug-likeness (QED) is 0.891. The summed E-state index contributed by atoms with van der Waals surface area (Å²) in [5.41, 5.74) is 0.971. The van der Waals surface area contributed by atoms with Gasteiger partial charge in [-0.2, -0.15) is 0 Å². The first kappa shape index (κ1) is 14.6. The number of rotatable bonds is 5. The summed E-state index contributed by atoms with van der Waals surface area (Å²) in [4.78, 5) is 0. The molecule has 2 unspecified atom stereocenters. The Labute approximate surface area is 118 Å². The monoisotopic (exact) mass is 277 g/mol. The van der Waals surface area contributed by atoms with Gasteiger partial charge in [-0.15, -0.1) is 0 Å². The van der Waals surface area contributed by atoms with Gasteiger partial charge in [-0.3, -0.25) is 0 Å². The Bertz CT molecular complexity index is 580. The zero-order chi connectivity index (χ0) is 14.7. The van der Waals surface area contributed by atoms with E-state index in [0.29, 0.717) is 0 Å². The maximum atomic E-state index is 13.4. The molecule has 0 aliphatic carbocycles. The van der Waals surface area contributed by atoms with Gasteiger partial charge < -0.3 is 14.5 Å². The lowest BCUT2D eigenvalue weighted by Gasteiger charge is -2.19. The molecule has 0 saturated carbocycles. The van der Waals surface area contributed by atoms with Crippen LogP contribution in [0.3, 0.4) is 0 Å². The zero-order valence-corrected chi connectivity index (χ0v) is 12.2. The Hall–Kier alpha value is -1.81. The van der Waals surface area contributed by atoms with E-state index >= 15 is 0 Å². The molecule has 2 aromatic rings. The molecule has 0 spiro atoms. The Morgan fingerprint density at radius 2 is 1.90 bits per heavy atom. The van der Waals surface area contributed by atoms with E-state index in [2.05, 4.69) is 5.32 Å². The zero-order valence-electron chi connectivity index (χ0n) is 12.2. The predicted octanol–water partition coefficient (Wildman–Crippen LogP) is 4.15. The number of methoxy groups -OCH3 is 1. The molecule has 0 aliphatic heterocycles. The third-order valence-electron chi connectivity index (χ3n) is 3.36. The molecule has 1 aromatic carbocycles. The summed E-state index contributed by atoms with van der Waals surface area (Å²) in [5.74, 6) is 1.70. The van der Waals surface area contributed by atoms with Crippen LogP contribution in [0.25, 0.3) is 0 Å². The van der Waals surface area contributed by atoms with Crippen molar-refractivity contribution in [1.82, 2.24) is 5.32 Å². The van der Waals surface area contributed by atoms with Crippen LogP contribution in [0, 0.1) is 12.7 Å². The van der Waals surface area contributed by atoms with E-state index in [-0.39, 0.29) is 23.7 Å². The number of hydrogen-bond acceptors (Lipinski definition) is 3. The first-order valence-corrected chi connectivity index (χ1v) is 6.67. The summed E-state index contributed by atoms with van der Waals surface area (Å²) >= 11 is 0. The molecule has 0 saturated heterocycles. The third kappa shape index (κ3) is 3.20. The van der Waals surface area contributed by atoms with E-state index in [4.69, 9.17) is 9.15 Å². The van der Waals surface area contributed by atoms with Crippen molar-refractivity contribution in [2.75, 3.05) is 7.11 Å². The molecule has 4 heteroatoms. The number of halogens is 1. The van der Waals surface area contributed by atoms with Crippen molar-refractivity contribution in [3.05, 3.63) is 53.2 Å². The molecule has 1 N–H and O–H groups in total. The van der Waals surface area contributed by atoms with Crippen molar-refractivity contribution >= 4 is 0 Å². The second kappa shape index (κ2) is 6.09. The van der Waals surface area contributed by atoms with Gasteiger partial charge in [-0.05, 0) is 50.6 Å². The highest BCUT2D eigenvalue weighted by atomic mass is 19.1. The second-order valence-electron chi connectivity index (χ2n) is 4.95. The van der Waals surface area contributed by atoms with Crippen molar-refractivity contribution in [3.8, 4) is 5.75 Å². The molecular formula is C16H20FNO2. The van der Waals surface area contributed by atoms with Gasteiger partial charge in [-0.1, -0.05) is 6.07 Å². The summed E-state index contributed by atoms with van der Waals surface area (Å²) in [7, 11) is 1.47. The van der Waals surface area contributed by atoms with Crippen LogP contribution in [0.2, 0.25) is 0 Å². The third-order valence-corrected chi connectivity index (χ3v) is 3.36. The first-order valence-electron chi connectivity index (χ1n) is 6.67. The lowest BCUT2D eigenvalue weighted by molar-refractivity contribution is 0.379. The van der Waals surface area contributed by atoms with E-state index in [1.165, 1.54) is 13.2 Å². The van der Waals surface area contributed by atoms with Gasteiger partial charge in [0.05, 0.1) is 13.2 Å². The maximum Gasteiger partial charge on any atom is 0.165 e. The molecule has 0 fully saturated rings. The summed E-state index contributed by atoms with van der Waals surface area (Å²) in [6.07, 6.45) is 0. The summed E-state index contributed by atoms with van der Waals surface area (Å²) in [6.45, 7) is 5.99. The molecule has 108 valence electrons. The van der Waals surface area contributed by atoms with Crippen molar-refractivity contribution in [2.24, 2.45) is 0 Å². The van der Waals surface area contributed by atoms with Crippen LogP contribution >= 0.6 is 0 Å². The number of benzene rings is 1. The summed E-state index contributed by atoms with van der Waals surface area (Å²) < 4.78 is 24.0. The number of hydrogen-bond donors (Lipinski definition) is 1. The Balaban J connectivity index is 2.09. The minimum absolute atomic E-state index is 0.0601. The van der Waals surface area contributed by atoms with Gasteiger partial charge in [-0.25, -0.2) is 4.39 Å². The van der Waals surface area contributed by atoms with E-state index in [0.717, 1.165) is 17.1 Å². The Morgan fingerprint density at radius 3 is 2.50 bits per heavy atom. The smallest absolute Gasteiger partial charge is 0.165 e. The van der Waals surface area contributed by atoms with Crippen LogP contribution in [-0.2, 0) is 0 Å².